The smallest absolute Gasteiger partial charge is 0.337 e. The van der Waals surface area contributed by atoms with Gasteiger partial charge in [-0.1, -0.05) is 48.5 Å². The molecule has 0 saturated heterocycles. The quantitative estimate of drug-likeness (QED) is 0.0660. The second kappa shape index (κ2) is 18.6. The number of ether oxygens (including phenoxy) is 4. The van der Waals surface area contributed by atoms with Crippen LogP contribution in [0.2, 0.25) is 0 Å². The van der Waals surface area contributed by atoms with Gasteiger partial charge in [0.15, 0.2) is 5.60 Å². The van der Waals surface area contributed by atoms with Gasteiger partial charge < -0.3 is 39.0 Å². The van der Waals surface area contributed by atoms with Crippen LogP contribution in [0.3, 0.4) is 0 Å². The summed E-state index contributed by atoms with van der Waals surface area (Å²) in [6, 6.07) is 35.8. The molecule has 4 heterocycles. The maximum atomic E-state index is 13.8. The number of hydrogen-bond acceptors (Lipinski definition) is 11. The highest BCUT2D eigenvalue weighted by Gasteiger charge is 2.38. The average Bonchev–Trinajstić information content (AvgIpc) is 4.23. The molecule has 0 bridgehead atoms. The zero-order valence-corrected chi connectivity index (χ0v) is 36.3. The molecule has 4 N–H and O–H groups in total. The number of methoxy groups -OCH3 is 4. The Balaban J connectivity index is 1.30. The van der Waals surface area contributed by atoms with Gasteiger partial charge in [0, 0.05) is 39.2 Å². The van der Waals surface area contributed by atoms with Gasteiger partial charge in [-0.3, -0.25) is 9.59 Å². The fourth-order valence-corrected chi connectivity index (χ4v) is 7.79. The standard InChI is InChI=1S/C52H40N4O11/c1-64-48(59)32-11-5-29(6-12-32)45(37-21-22-38(53-37)46(40-25-28-44(57)56-40)30-7-13-33(14-8-30)49(60)65-2)39-23-26-42(54-39)52(63,36-19-17-35(18-20-36)51(62)67-4)43-27-24-41(55-43)47(58)31-9-15-34(16-10-31)50(61)66-3/h5-28,53-55,63H,1-4H3/b45-37-,46-38-. The summed E-state index contributed by atoms with van der Waals surface area (Å²) in [6.07, 6.45) is 2.97. The summed E-state index contributed by atoms with van der Waals surface area (Å²) in [6.45, 7) is 0. The van der Waals surface area contributed by atoms with Gasteiger partial charge in [0.25, 0.3) is 5.91 Å². The fraction of sp³-hybridized carbons (Fsp3) is 0.0962. The maximum Gasteiger partial charge on any atom is 0.337 e. The number of nitrogens with one attached hydrogen (secondary N) is 3. The first-order chi connectivity index (χ1) is 32.4. The molecule has 0 spiro atoms. The lowest BCUT2D eigenvalue weighted by atomic mass is 9.87. The van der Waals surface area contributed by atoms with E-state index in [1.165, 1.54) is 70.9 Å². The van der Waals surface area contributed by atoms with Crippen LogP contribution >= 0.6 is 0 Å². The SMILES string of the molecule is COC(=O)c1ccc(C(=O)c2ccc(C(O)(c3ccc(C(=O)OC)cc3)c3ccc(/C(c4ccc(C(=O)OC)cc4)=c4/cc/c(=C(/C5=NC(=O)C=C5)c5ccc(C(=O)OC)cc5)[nH]4)[nH]3)[nH]2)cc1. The minimum atomic E-state index is -2.00. The molecule has 15 heteroatoms. The first-order valence-corrected chi connectivity index (χ1v) is 20.5. The van der Waals surface area contributed by atoms with Gasteiger partial charge in [-0.25, -0.2) is 24.2 Å². The molecule has 67 heavy (non-hydrogen) atoms. The zero-order valence-electron chi connectivity index (χ0n) is 36.3. The molecule has 8 rings (SSSR count). The number of rotatable bonds is 13. The molecule has 334 valence electrons. The summed E-state index contributed by atoms with van der Waals surface area (Å²) < 4.78 is 19.5. The van der Waals surface area contributed by atoms with Gasteiger partial charge in [0.2, 0.25) is 5.78 Å². The van der Waals surface area contributed by atoms with Gasteiger partial charge in [-0.2, -0.15) is 0 Å². The van der Waals surface area contributed by atoms with Crippen molar-refractivity contribution in [2.75, 3.05) is 28.4 Å². The van der Waals surface area contributed by atoms with Crippen molar-refractivity contribution in [3.05, 3.63) is 224 Å². The number of amides is 1. The number of carbonyl (C=O) groups excluding carboxylic acids is 6. The summed E-state index contributed by atoms with van der Waals surface area (Å²) in [7, 11) is 5.12. The summed E-state index contributed by atoms with van der Waals surface area (Å²) in [5, 5.41) is 14.2. The van der Waals surface area contributed by atoms with Gasteiger partial charge in [0.05, 0.1) is 73.5 Å². The van der Waals surface area contributed by atoms with Crippen LogP contribution in [0.25, 0.3) is 11.1 Å². The van der Waals surface area contributed by atoms with E-state index in [1.54, 1.807) is 91.0 Å². The number of hydrogen-bond donors (Lipinski definition) is 4. The Labute approximate surface area is 381 Å². The molecule has 1 aliphatic rings. The molecule has 15 nitrogen and oxygen atoms in total. The molecule has 1 unspecified atom stereocenters. The Bertz CT molecular complexity index is 3280. The number of esters is 4. The third-order valence-corrected chi connectivity index (χ3v) is 11.2. The van der Waals surface area contributed by atoms with Gasteiger partial charge >= 0.3 is 23.9 Å². The van der Waals surface area contributed by atoms with E-state index < -0.39 is 41.2 Å². The fourth-order valence-electron chi connectivity index (χ4n) is 7.79. The Kier molecular flexibility index (Phi) is 12.4. The zero-order chi connectivity index (χ0) is 47.4. The molecular weight excluding hydrogens is 857 g/mol. The van der Waals surface area contributed by atoms with Crippen molar-refractivity contribution in [1.82, 2.24) is 15.0 Å². The molecule has 3 aromatic heterocycles. The number of nitrogens with zero attached hydrogens (tertiary/aromatic N) is 1. The Morgan fingerprint density at radius 2 is 0.836 bits per heavy atom. The van der Waals surface area contributed by atoms with Crippen molar-refractivity contribution in [1.29, 1.82) is 0 Å². The maximum absolute atomic E-state index is 13.8. The van der Waals surface area contributed by atoms with E-state index in [9.17, 15) is 33.9 Å². The summed E-state index contributed by atoms with van der Waals surface area (Å²) in [5.41, 5.74) is 3.70. The van der Waals surface area contributed by atoms with E-state index >= 15 is 0 Å². The Hall–Kier alpha value is -8.95. The van der Waals surface area contributed by atoms with Gasteiger partial charge in [0.1, 0.15) is 0 Å². The third kappa shape index (κ3) is 8.69. The van der Waals surface area contributed by atoms with Crippen molar-refractivity contribution < 1.29 is 52.8 Å². The molecule has 0 radical (unpaired) electrons. The molecular formula is C52H40N4O11. The van der Waals surface area contributed by atoms with Crippen LogP contribution in [0.15, 0.2) is 151 Å². The van der Waals surface area contributed by atoms with Crippen molar-refractivity contribution in [2.24, 2.45) is 4.99 Å². The number of benzene rings is 4. The van der Waals surface area contributed by atoms with Crippen molar-refractivity contribution in [3.63, 3.8) is 0 Å². The van der Waals surface area contributed by atoms with Gasteiger partial charge in [-0.15, -0.1) is 0 Å². The number of aliphatic imine (C=N–C) groups is 1. The molecule has 0 aliphatic carbocycles. The minimum Gasteiger partial charge on any atom is -0.465 e. The second-order valence-electron chi connectivity index (χ2n) is 15.1. The number of aromatic amines is 3. The highest BCUT2D eigenvalue weighted by Crippen LogP contribution is 2.37. The van der Waals surface area contributed by atoms with E-state index in [4.69, 9.17) is 18.9 Å². The lowest BCUT2D eigenvalue weighted by molar-refractivity contribution is -0.113. The van der Waals surface area contributed by atoms with Crippen molar-refractivity contribution in [2.45, 2.75) is 5.60 Å². The number of aromatic nitrogens is 3. The average molecular weight is 897 g/mol. The molecule has 4 aromatic carbocycles. The van der Waals surface area contributed by atoms with Crippen LogP contribution in [0.5, 0.6) is 0 Å². The normalized spacial score (nSPS) is 13.8. The largest absolute Gasteiger partial charge is 0.465 e. The van der Waals surface area contributed by atoms with Gasteiger partial charge in [-0.05, 0) is 108 Å². The lowest BCUT2D eigenvalue weighted by Gasteiger charge is -2.27. The molecule has 1 aliphatic heterocycles. The summed E-state index contributed by atoms with van der Waals surface area (Å²) in [5.74, 6) is -3.00. The predicted octanol–water partition coefficient (Wildman–Crippen LogP) is 5.32. The van der Waals surface area contributed by atoms with E-state index in [0.29, 0.717) is 61.1 Å². The highest BCUT2D eigenvalue weighted by atomic mass is 16.5. The summed E-state index contributed by atoms with van der Waals surface area (Å²) >= 11 is 0. The van der Waals surface area contributed by atoms with Crippen molar-refractivity contribution >= 4 is 52.4 Å². The van der Waals surface area contributed by atoms with E-state index in [-0.39, 0.29) is 33.8 Å². The first kappa shape index (κ1) is 44.6. The summed E-state index contributed by atoms with van der Waals surface area (Å²) in [4.78, 5) is 89.7. The molecule has 0 saturated carbocycles. The minimum absolute atomic E-state index is 0.143. The molecule has 7 aromatic rings. The molecule has 0 fully saturated rings. The van der Waals surface area contributed by atoms with E-state index in [1.807, 2.05) is 12.1 Å². The molecule has 1 atom stereocenters. The highest BCUT2D eigenvalue weighted by molar-refractivity contribution is 6.34. The number of ketones is 1. The second-order valence-corrected chi connectivity index (χ2v) is 15.1. The third-order valence-electron chi connectivity index (χ3n) is 11.2. The lowest BCUT2D eigenvalue weighted by Crippen LogP contribution is -2.30. The van der Waals surface area contributed by atoms with Crippen LogP contribution in [0.4, 0.5) is 0 Å². The number of H-pyrrole nitrogens is 3. The number of allylic oxidation sites excluding steroid dienone is 1. The van der Waals surface area contributed by atoms with Crippen LogP contribution in [0.1, 0.15) is 91.3 Å². The van der Waals surface area contributed by atoms with Crippen LogP contribution in [-0.2, 0) is 29.3 Å². The predicted molar refractivity (Wildman–Crippen MR) is 244 cm³/mol. The number of aliphatic hydroxyl groups is 1. The van der Waals surface area contributed by atoms with Crippen molar-refractivity contribution in [3.8, 4) is 0 Å². The number of carbonyl (C=O) groups is 6. The van der Waals surface area contributed by atoms with Crippen LogP contribution in [0, 0.1) is 0 Å². The Morgan fingerprint density at radius 1 is 0.448 bits per heavy atom. The van der Waals surface area contributed by atoms with Crippen LogP contribution in [-0.4, -0.2) is 89.8 Å². The first-order valence-electron chi connectivity index (χ1n) is 20.5. The monoisotopic (exact) mass is 896 g/mol. The van der Waals surface area contributed by atoms with E-state index in [0.717, 1.165) is 0 Å². The Morgan fingerprint density at radius 3 is 1.28 bits per heavy atom. The molecule has 1 amide bonds. The van der Waals surface area contributed by atoms with E-state index in [2.05, 4.69) is 19.9 Å². The topological polar surface area (TPSA) is 219 Å². The van der Waals surface area contributed by atoms with Crippen LogP contribution < -0.4 is 10.7 Å².